The number of halogens is 1. The second-order valence-corrected chi connectivity index (χ2v) is 6.91. The largest absolute Gasteiger partial charge is 0.356 e. The van der Waals surface area contributed by atoms with Crippen LogP contribution < -0.4 is 15.8 Å². The SMILES string of the molecule is C[C@@H](NC(=S)Nc1ccc(F)cc1)c1ccc(S(N)(=O)=O)cc1. The van der Waals surface area contributed by atoms with Crippen molar-refractivity contribution in [2.75, 3.05) is 5.32 Å². The van der Waals surface area contributed by atoms with Gasteiger partial charge in [0.05, 0.1) is 10.9 Å². The van der Waals surface area contributed by atoms with Crippen molar-refractivity contribution in [1.82, 2.24) is 5.32 Å². The summed E-state index contributed by atoms with van der Waals surface area (Å²) in [6.45, 7) is 1.88. The standard InChI is InChI=1S/C15H16FN3O2S2/c1-10(11-2-8-14(9-3-11)23(17,20)21)18-15(22)19-13-6-4-12(16)5-7-13/h2-10H,1H3,(H2,17,20,21)(H2,18,19,22)/t10-/m1/s1. The van der Waals surface area contributed by atoms with E-state index in [4.69, 9.17) is 17.4 Å². The van der Waals surface area contributed by atoms with Crippen molar-refractivity contribution >= 4 is 33.0 Å². The molecule has 5 nitrogen and oxygen atoms in total. The Morgan fingerprint density at radius 1 is 1.13 bits per heavy atom. The number of rotatable bonds is 4. The molecular formula is C15H16FN3O2S2. The van der Waals surface area contributed by atoms with E-state index in [1.807, 2.05) is 6.92 Å². The van der Waals surface area contributed by atoms with Crippen molar-refractivity contribution in [3.63, 3.8) is 0 Å². The average Bonchev–Trinajstić information content (AvgIpc) is 2.49. The first-order valence-electron chi connectivity index (χ1n) is 6.71. The number of sulfonamides is 1. The second kappa shape index (κ2) is 7.03. The predicted octanol–water partition coefficient (Wildman–Crippen LogP) is 2.52. The number of hydrogen-bond donors (Lipinski definition) is 3. The Labute approximate surface area is 139 Å². The molecule has 0 radical (unpaired) electrons. The molecule has 0 spiro atoms. The number of nitrogens with two attached hydrogens (primary N) is 1. The van der Waals surface area contributed by atoms with Crippen LogP contribution in [0.3, 0.4) is 0 Å². The molecule has 4 N–H and O–H groups in total. The fourth-order valence-electron chi connectivity index (χ4n) is 1.93. The lowest BCUT2D eigenvalue weighted by Crippen LogP contribution is -2.30. The maximum atomic E-state index is 12.8. The zero-order valence-corrected chi connectivity index (χ0v) is 13.9. The smallest absolute Gasteiger partial charge is 0.238 e. The molecule has 0 aliphatic rings. The summed E-state index contributed by atoms with van der Waals surface area (Å²) in [4.78, 5) is 0.0560. The summed E-state index contributed by atoms with van der Waals surface area (Å²) >= 11 is 5.20. The highest BCUT2D eigenvalue weighted by Crippen LogP contribution is 2.16. The number of anilines is 1. The van der Waals surface area contributed by atoms with Crippen molar-refractivity contribution in [2.24, 2.45) is 5.14 Å². The van der Waals surface area contributed by atoms with Crippen LogP contribution in [0.15, 0.2) is 53.4 Å². The van der Waals surface area contributed by atoms with Crippen LogP contribution in [0.4, 0.5) is 10.1 Å². The molecule has 0 aliphatic carbocycles. The van der Waals surface area contributed by atoms with E-state index in [1.54, 1.807) is 24.3 Å². The first kappa shape index (κ1) is 17.3. The van der Waals surface area contributed by atoms with E-state index in [2.05, 4.69) is 10.6 Å². The summed E-state index contributed by atoms with van der Waals surface area (Å²) in [5.41, 5.74) is 1.52. The van der Waals surface area contributed by atoms with E-state index < -0.39 is 10.0 Å². The monoisotopic (exact) mass is 353 g/mol. The Kier molecular flexibility index (Phi) is 5.30. The molecule has 0 amide bonds. The lowest BCUT2D eigenvalue weighted by atomic mass is 10.1. The van der Waals surface area contributed by atoms with Gasteiger partial charge in [0.1, 0.15) is 5.82 Å². The van der Waals surface area contributed by atoms with E-state index in [0.29, 0.717) is 10.8 Å². The topological polar surface area (TPSA) is 84.2 Å². The van der Waals surface area contributed by atoms with Crippen molar-refractivity contribution in [3.05, 3.63) is 59.9 Å². The van der Waals surface area contributed by atoms with Gasteiger partial charge in [0.15, 0.2) is 5.11 Å². The third-order valence-electron chi connectivity index (χ3n) is 3.16. The van der Waals surface area contributed by atoms with Crippen LogP contribution in [0, 0.1) is 5.82 Å². The zero-order chi connectivity index (χ0) is 17.0. The van der Waals surface area contributed by atoms with Gasteiger partial charge >= 0.3 is 0 Å². The first-order valence-corrected chi connectivity index (χ1v) is 8.67. The highest BCUT2D eigenvalue weighted by molar-refractivity contribution is 7.89. The minimum absolute atomic E-state index is 0.0560. The van der Waals surface area contributed by atoms with E-state index in [9.17, 15) is 12.8 Å². The molecule has 0 aromatic heterocycles. The summed E-state index contributed by atoms with van der Waals surface area (Å²) in [5.74, 6) is -0.322. The normalized spacial score (nSPS) is 12.5. The summed E-state index contributed by atoms with van der Waals surface area (Å²) < 4.78 is 35.3. The van der Waals surface area contributed by atoms with Gasteiger partial charge in [0, 0.05) is 5.69 Å². The van der Waals surface area contributed by atoms with Crippen molar-refractivity contribution in [1.29, 1.82) is 0 Å². The summed E-state index contributed by atoms with van der Waals surface area (Å²) in [6, 6.07) is 11.9. The van der Waals surface area contributed by atoms with Gasteiger partial charge in [-0.25, -0.2) is 17.9 Å². The molecule has 0 bridgehead atoms. The Balaban J connectivity index is 1.99. The minimum atomic E-state index is -3.70. The molecule has 2 rings (SSSR count). The molecule has 122 valence electrons. The minimum Gasteiger partial charge on any atom is -0.356 e. The Morgan fingerprint density at radius 2 is 1.70 bits per heavy atom. The summed E-state index contributed by atoms with van der Waals surface area (Å²) in [5, 5.41) is 11.4. The van der Waals surface area contributed by atoms with Crippen molar-refractivity contribution < 1.29 is 12.8 Å². The van der Waals surface area contributed by atoms with Crippen LogP contribution in [0.25, 0.3) is 0 Å². The van der Waals surface area contributed by atoms with Crippen LogP contribution in [0.5, 0.6) is 0 Å². The van der Waals surface area contributed by atoms with Gasteiger partial charge in [0.25, 0.3) is 0 Å². The van der Waals surface area contributed by atoms with Crippen LogP contribution >= 0.6 is 12.2 Å². The van der Waals surface area contributed by atoms with Gasteiger partial charge in [-0.2, -0.15) is 0 Å². The summed E-state index contributed by atoms with van der Waals surface area (Å²) in [6.07, 6.45) is 0. The van der Waals surface area contributed by atoms with Crippen LogP contribution in [0.1, 0.15) is 18.5 Å². The van der Waals surface area contributed by atoms with E-state index in [1.165, 1.54) is 24.3 Å². The Bertz CT molecular complexity index is 790. The van der Waals surface area contributed by atoms with Gasteiger partial charge in [-0.3, -0.25) is 0 Å². The van der Waals surface area contributed by atoms with Gasteiger partial charge in [0.2, 0.25) is 10.0 Å². The van der Waals surface area contributed by atoms with Crippen molar-refractivity contribution in [3.8, 4) is 0 Å². The molecule has 2 aromatic carbocycles. The molecule has 2 aromatic rings. The molecule has 8 heteroatoms. The van der Waals surface area contributed by atoms with Crippen molar-refractivity contribution in [2.45, 2.75) is 17.9 Å². The number of primary sulfonamides is 1. The molecule has 1 atom stereocenters. The Morgan fingerprint density at radius 3 is 2.22 bits per heavy atom. The maximum Gasteiger partial charge on any atom is 0.238 e. The molecule has 23 heavy (non-hydrogen) atoms. The van der Waals surface area contributed by atoms with Gasteiger partial charge in [-0.05, 0) is 61.1 Å². The molecule has 0 fully saturated rings. The first-order chi connectivity index (χ1) is 10.8. The van der Waals surface area contributed by atoms with Crippen LogP contribution in [0.2, 0.25) is 0 Å². The maximum absolute atomic E-state index is 12.8. The third kappa shape index (κ3) is 4.98. The molecule has 0 saturated carbocycles. The molecular weight excluding hydrogens is 337 g/mol. The quantitative estimate of drug-likeness (QED) is 0.736. The van der Waals surface area contributed by atoms with Crippen LogP contribution in [-0.4, -0.2) is 13.5 Å². The lowest BCUT2D eigenvalue weighted by Gasteiger charge is -2.17. The number of hydrogen-bond acceptors (Lipinski definition) is 3. The van der Waals surface area contributed by atoms with E-state index >= 15 is 0 Å². The third-order valence-corrected chi connectivity index (χ3v) is 4.31. The second-order valence-electron chi connectivity index (χ2n) is 4.94. The van der Waals surface area contributed by atoms with Gasteiger partial charge in [-0.15, -0.1) is 0 Å². The molecule has 0 heterocycles. The van der Waals surface area contributed by atoms with Crippen LogP contribution in [-0.2, 0) is 10.0 Å². The predicted molar refractivity (Wildman–Crippen MR) is 92.0 cm³/mol. The zero-order valence-electron chi connectivity index (χ0n) is 12.3. The fourth-order valence-corrected chi connectivity index (χ4v) is 2.74. The highest BCUT2D eigenvalue weighted by Gasteiger charge is 2.11. The van der Waals surface area contributed by atoms with Gasteiger partial charge < -0.3 is 10.6 Å². The number of nitrogens with one attached hydrogen (secondary N) is 2. The fraction of sp³-hybridized carbons (Fsp3) is 0.133. The van der Waals surface area contributed by atoms with Gasteiger partial charge in [-0.1, -0.05) is 12.1 Å². The lowest BCUT2D eigenvalue weighted by molar-refractivity contribution is 0.597. The number of benzene rings is 2. The number of thiocarbonyl (C=S) groups is 1. The van der Waals surface area contributed by atoms with E-state index in [0.717, 1.165) is 5.56 Å². The molecule has 0 unspecified atom stereocenters. The summed E-state index contributed by atoms with van der Waals surface area (Å²) in [7, 11) is -3.70. The highest BCUT2D eigenvalue weighted by atomic mass is 32.2. The molecule has 0 aliphatic heterocycles. The Hall–Kier alpha value is -2.03. The molecule has 0 saturated heterocycles. The van der Waals surface area contributed by atoms with E-state index in [-0.39, 0.29) is 16.8 Å². The average molecular weight is 353 g/mol.